The smallest absolute Gasteiger partial charge is 0.410 e. The van der Waals surface area contributed by atoms with Gasteiger partial charge in [-0.25, -0.2) is 4.79 Å². The number of hydrogen-bond donors (Lipinski definition) is 0. The van der Waals surface area contributed by atoms with E-state index in [1.54, 1.807) is 0 Å². The number of fused-ring (bicyclic) bond motifs is 1. The van der Waals surface area contributed by atoms with Gasteiger partial charge in [0.2, 0.25) is 0 Å². The molecule has 25 heavy (non-hydrogen) atoms. The van der Waals surface area contributed by atoms with Gasteiger partial charge in [0.1, 0.15) is 5.60 Å². The van der Waals surface area contributed by atoms with E-state index in [9.17, 15) is 4.79 Å². The van der Waals surface area contributed by atoms with Crippen LogP contribution in [-0.2, 0) is 11.3 Å². The molecule has 0 radical (unpaired) electrons. The predicted octanol–water partition coefficient (Wildman–Crippen LogP) is 2.81. The van der Waals surface area contributed by atoms with E-state index in [-0.39, 0.29) is 6.09 Å². The maximum absolute atomic E-state index is 12.4. The summed E-state index contributed by atoms with van der Waals surface area (Å²) in [6.07, 6.45) is -0.181. The molecule has 0 unspecified atom stereocenters. The molecule has 5 nitrogen and oxygen atoms in total. The molecular formula is C20H31N3O2. The van der Waals surface area contributed by atoms with Gasteiger partial charge in [0.05, 0.1) is 0 Å². The minimum absolute atomic E-state index is 0.181. The van der Waals surface area contributed by atoms with Gasteiger partial charge in [-0.2, -0.15) is 0 Å². The van der Waals surface area contributed by atoms with Crippen molar-refractivity contribution in [3.8, 4) is 0 Å². The number of piperazine rings is 2. The Kier molecular flexibility index (Phi) is 5.35. The van der Waals surface area contributed by atoms with Crippen LogP contribution in [0.25, 0.3) is 0 Å². The lowest BCUT2D eigenvalue weighted by Gasteiger charge is -2.50. The third-order valence-electron chi connectivity index (χ3n) is 4.99. The normalized spacial score (nSPS) is 25.5. The van der Waals surface area contributed by atoms with Gasteiger partial charge in [-0.1, -0.05) is 30.3 Å². The number of benzene rings is 1. The molecular weight excluding hydrogens is 314 g/mol. The highest BCUT2D eigenvalue weighted by Crippen LogP contribution is 2.23. The minimum Gasteiger partial charge on any atom is -0.444 e. The standard InChI is InChI=1S/C20H31N3O2/c1-16-12-21(13-17-8-6-5-7-9-17)14-18-15-22(10-11-23(16)18)19(24)25-20(2,3)4/h5-9,16,18H,10-15H2,1-4H3/t16-,18+/m0/s1. The summed E-state index contributed by atoms with van der Waals surface area (Å²) < 4.78 is 5.56. The highest BCUT2D eigenvalue weighted by molar-refractivity contribution is 5.68. The van der Waals surface area contributed by atoms with Crippen LogP contribution >= 0.6 is 0 Å². The molecule has 2 saturated heterocycles. The van der Waals surface area contributed by atoms with Gasteiger partial charge in [0.25, 0.3) is 0 Å². The molecule has 2 atom stereocenters. The Hall–Kier alpha value is -1.59. The van der Waals surface area contributed by atoms with E-state index in [4.69, 9.17) is 4.74 Å². The first-order valence-electron chi connectivity index (χ1n) is 9.32. The fourth-order valence-electron chi connectivity index (χ4n) is 3.93. The summed E-state index contributed by atoms with van der Waals surface area (Å²) in [6, 6.07) is 11.5. The average Bonchev–Trinajstić information content (AvgIpc) is 2.53. The molecule has 0 bridgehead atoms. The average molecular weight is 345 g/mol. The first-order valence-corrected chi connectivity index (χ1v) is 9.32. The highest BCUT2D eigenvalue weighted by Gasteiger charge is 2.38. The van der Waals surface area contributed by atoms with Gasteiger partial charge in [-0.05, 0) is 33.3 Å². The molecule has 0 N–H and O–H groups in total. The lowest BCUT2D eigenvalue weighted by Crippen LogP contribution is -2.65. The van der Waals surface area contributed by atoms with Crippen molar-refractivity contribution in [2.75, 3.05) is 32.7 Å². The van der Waals surface area contributed by atoms with Gasteiger partial charge in [0.15, 0.2) is 0 Å². The lowest BCUT2D eigenvalue weighted by atomic mass is 10.0. The molecule has 0 saturated carbocycles. The molecule has 1 amide bonds. The van der Waals surface area contributed by atoms with Gasteiger partial charge in [-0.3, -0.25) is 9.80 Å². The van der Waals surface area contributed by atoms with Crippen molar-refractivity contribution < 1.29 is 9.53 Å². The third kappa shape index (κ3) is 4.73. The van der Waals surface area contributed by atoms with E-state index in [0.29, 0.717) is 12.1 Å². The largest absolute Gasteiger partial charge is 0.444 e. The molecule has 0 aromatic heterocycles. The molecule has 0 aliphatic carbocycles. The van der Waals surface area contributed by atoms with E-state index in [0.717, 1.165) is 39.3 Å². The number of rotatable bonds is 2. The van der Waals surface area contributed by atoms with Crippen molar-refractivity contribution in [2.45, 2.75) is 51.9 Å². The first-order chi connectivity index (χ1) is 11.8. The Balaban J connectivity index is 1.62. The van der Waals surface area contributed by atoms with E-state index >= 15 is 0 Å². The predicted molar refractivity (Wildman–Crippen MR) is 99.5 cm³/mol. The molecule has 5 heteroatoms. The van der Waals surface area contributed by atoms with Gasteiger partial charge >= 0.3 is 6.09 Å². The maximum atomic E-state index is 12.4. The number of carbonyl (C=O) groups excluding carboxylic acids is 1. The molecule has 3 rings (SSSR count). The van der Waals surface area contributed by atoms with Crippen LogP contribution in [-0.4, -0.2) is 71.2 Å². The fraction of sp³-hybridized carbons (Fsp3) is 0.650. The zero-order valence-corrected chi connectivity index (χ0v) is 15.9. The Morgan fingerprint density at radius 1 is 1.12 bits per heavy atom. The Morgan fingerprint density at radius 2 is 1.84 bits per heavy atom. The second kappa shape index (κ2) is 7.34. The molecule has 2 fully saturated rings. The maximum Gasteiger partial charge on any atom is 0.410 e. The Labute approximate surface area is 151 Å². The summed E-state index contributed by atoms with van der Waals surface area (Å²) in [6.45, 7) is 13.6. The topological polar surface area (TPSA) is 36.0 Å². The lowest BCUT2D eigenvalue weighted by molar-refractivity contribution is -0.0351. The number of nitrogens with zero attached hydrogens (tertiary/aromatic N) is 3. The van der Waals surface area contributed by atoms with Crippen LogP contribution in [0.4, 0.5) is 4.79 Å². The monoisotopic (exact) mass is 345 g/mol. The third-order valence-corrected chi connectivity index (χ3v) is 4.99. The fourth-order valence-corrected chi connectivity index (χ4v) is 3.93. The summed E-state index contributed by atoms with van der Waals surface area (Å²) in [4.78, 5) is 19.4. The summed E-state index contributed by atoms with van der Waals surface area (Å²) in [5.41, 5.74) is 0.913. The van der Waals surface area contributed by atoms with Crippen LogP contribution in [0.2, 0.25) is 0 Å². The number of amides is 1. The van der Waals surface area contributed by atoms with Crippen LogP contribution in [0.5, 0.6) is 0 Å². The first kappa shape index (κ1) is 18.2. The molecule has 2 aliphatic rings. The van der Waals surface area contributed by atoms with Crippen LogP contribution < -0.4 is 0 Å². The second-order valence-electron chi connectivity index (χ2n) is 8.35. The highest BCUT2D eigenvalue weighted by atomic mass is 16.6. The van der Waals surface area contributed by atoms with Crippen molar-refractivity contribution >= 4 is 6.09 Å². The van der Waals surface area contributed by atoms with E-state index in [2.05, 4.69) is 47.1 Å². The van der Waals surface area contributed by atoms with Crippen LogP contribution in [0, 0.1) is 0 Å². The van der Waals surface area contributed by atoms with Gasteiger partial charge in [-0.15, -0.1) is 0 Å². The van der Waals surface area contributed by atoms with Gasteiger partial charge in [0, 0.05) is 51.4 Å². The Bertz CT molecular complexity index is 584. The quantitative estimate of drug-likeness (QED) is 0.826. The SMILES string of the molecule is C[C@H]1CN(Cc2ccccc2)C[C@@H]2CN(C(=O)OC(C)(C)C)CCN21. The molecule has 1 aromatic carbocycles. The van der Waals surface area contributed by atoms with Crippen molar-refractivity contribution in [3.63, 3.8) is 0 Å². The number of hydrogen-bond acceptors (Lipinski definition) is 4. The molecule has 2 heterocycles. The number of carbonyl (C=O) groups is 1. The number of ether oxygens (including phenoxy) is 1. The van der Waals surface area contributed by atoms with Crippen molar-refractivity contribution in [1.82, 2.24) is 14.7 Å². The molecule has 138 valence electrons. The summed E-state index contributed by atoms with van der Waals surface area (Å²) in [5.74, 6) is 0. The zero-order chi connectivity index (χ0) is 18.0. The second-order valence-corrected chi connectivity index (χ2v) is 8.35. The van der Waals surface area contributed by atoms with Crippen LogP contribution in [0.3, 0.4) is 0 Å². The summed E-state index contributed by atoms with van der Waals surface area (Å²) in [5, 5.41) is 0. The van der Waals surface area contributed by atoms with Gasteiger partial charge < -0.3 is 9.64 Å². The van der Waals surface area contributed by atoms with Crippen molar-refractivity contribution in [1.29, 1.82) is 0 Å². The van der Waals surface area contributed by atoms with E-state index in [1.807, 2.05) is 25.7 Å². The minimum atomic E-state index is -0.437. The van der Waals surface area contributed by atoms with Crippen LogP contribution in [0.15, 0.2) is 30.3 Å². The van der Waals surface area contributed by atoms with Crippen LogP contribution in [0.1, 0.15) is 33.3 Å². The van der Waals surface area contributed by atoms with Crippen molar-refractivity contribution in [3.05, 3.63) is 35.9 Å². The van der Waals surface area contributed by atoms with E-state index < -0.39 is 5.60 Å². The summed E-state index contributed by atoms with van der Waals surface area (Å²) >= 11 is 0. The molecule has 2 aliphatic heterocycles. The Morgan fingerprint density at radius 3 is 2.52 bits per heavy atom. The van der Waals surface area contributed by atoms with Crippen molar-refractivity contribution in [2.24, 2.45) is 0 Å². The molecule has 1 aromatic rings. The van der Waals surface area contributed by atoms with E-state index in [1.165, 1.54) is 5.56 Å². The molecule has 0 spiro atoms. The zero-order valence-electron chi connectivity index (χ0n) is 15.9. The summed E-state index contributed by atoms with van der Waals surface area (Å²) in [7, 11) is 0.